The second-order valence-electron chi connectivity index (χ2n) is 4.39. The molecule has 0 aromatic carbocycles. The zero-order valence-corrected chi connectivity index (χ0v) is 8.54. The lowest BCUT2D eigenvalue weighted by molar-refractivity contribution is -0.127. The monoisotopic (exact) mass is 197 g/mol. The molecule has 3 N–H and O–H groups in total. The van der Waals surface area contributed by atoms with E-state index in [1.165, 1.54) is 12.8 Å². The van der Waals surface area contributed by atoms with E-state index in [1.54, 1.807) is 0 Å². The van der Waals surface area contributed by atoms with E-state index in [9.17, 15) is 4.79 Å². The van der Waals surface area contributed by atoms with E-state index in [2.05, 4.69) is 10.2 Å². The minimum Gasteiger partial charge on any atom is -0.368 e. The van der Waals surface area contributed by atoms with E-state index in [4.69, 9.17) is 5.73 Å². The van der Waals surface area contributed by atoms with Crippen LogP contribution in [0.15, 0.2) is 0 Å². The number of primary amides is 1. The standard InChI is InChI=1S/C10H19N3O/c11-10(14)9-3-6-13(9)5-2-8-1-4-12-7-8/h8-9,12H,1-7H2,(H2,11,14). The van der Waals surface area contributed by atoms with Gasteiger partial charge in [-0.15, -0.1) is 0 Å². The highest BCUT2D eigenvalue weighted by Gasteiger charge is 2.32. The topological polar surface area (TPSA) is 58.4 Å². The number of carbonyl (C=O) groups excluding carboxylic acids is 1. The largest absolute Gasteiger partial charge is 0.368 e. The summed E-state index contributed by atoms with van der Waals surface area (Å²) in [7, 11) is 0. The van der Waals surface area contributed by atoms with Crippen LogP contribution in [0.25, 0.3) is 0 Å². The van der Waals surface area contributed by atoms with Crippen molar-refractivity contribution in [1.82, 2.24) is 10.2 Å². The summed E-state index contributed by atoms with van der Waals surface area (Å²) in [5, 5.41) is 3.36. The van der Waals surface area contributed by atoms with Crippen LogP contribution >= 0.6 is 0 Å². The van der Waals surface area contributed by atoms with Crippen LogP contribution in [0.3, 0.4) is 0 Å². The molecular formula is C10H19N3O. The van der Waals surface area contributed by atoms with E-state index in [0.717, 1.165) is 38.5 Å². The summed E-state index contributed by atoms with van der Waals surface area (Å²) in [6.45, 7) is 4.40. The van der Waals surface area contributed by atoms with Crippen LogP contribution in [0, 0.1) is 5.92 Å². The second-order valence-corrected chi connectivity index (χ2v) is 4.39. The van der Waals surface area contributed by atoms with Gasteiger partial charge < -0.3 is 11.1 Å². The zero-order chi connectivity index (χ0) is 9.97. The Labute approximate surface area is 84.8 Å². The average Bonchev–Trinajstić information content (AvgIpc) is 2.53. The van der Waals surface area contributed by atoms with Gasteiger partial charge in [0.15, 0.2) is 0 Å². The highest BCUT2D eigenvalue weighted by Crippen LogP contribution is 2.20. The average molecular weight is 197 g/mol. The number of nitrogens with two attached hydrogens (primary N) is 1. The Morgan fingerprint density at radius 2 is 2.36 bits per heavy atom. The van der Waals surface area contributed by atoms with E-state index in [0.29, 0.717) is 0 Å². The van der Waals surface area contributed by atoms with Crippen LogP contribution in [-0.2, 0) is 4.79 Å². The Morgan fingerprint density at radius 1 is 1.50 bits per heavy atom. The lowest BCUT2D eigenvalue weighted by Crippen LogP contribution is -2.55. The van der Waals surface area contributed by atoms with Gasteiger partial charge in [0.25, 0.3) is 0 Å². The number of likely N-dealkylation sites (tertiary alicyclic amines) is 1. The summed E-state index contributed by atoms with van der Waals surface area (Å²) in [4.78, 5) is 13.2. The number of nitrogens with zero attached hydrogens (tertiary/aromatic N) is 1. The van der Waals surface area contributed by atoms with Gasteiger partial charge in [-0.2, -0.15) is 0 Å². The van der Waals surface area contributed by atoms with Crippen molar-refractivity contribution in [2.75, 3.05) is 26.2 Å². The Hall–Kier alpha value is -0.610. The first-order valence-electron chi connectivity index (χ1n) is 5.51. The van der Waals surface area contributed by atoms with Crippen LogP contribution in [-0.4, -0.2) is 43.0 Å². The maximum absolute atomic E-state index is 11.0. The lowest BCUT2D eigenvalue weighted by Gasteiger charge is -2.39. The normalized spacial score (nSPS) is 32.9. The first-order valence-corrected chi connectivity index (χ1v) is 5.51. The third-order valence-electron chi connectivity index (χ3n) is 3.45. The molecule has 2 fully saturated rings. The smallest absolute Gasteiger partial charge is 0.234 e. The fourth-order valence-electron chi connectivity index (χ4n) is 2.34. The van der Waals surface area contributed by atoms with Crippen LogP contribution < -0.4 is 11.1 Å². The van der Waals surface area contributed by atoms with Crippen molar-refractivity contribution in [3.05, 3.63) is 0 Å². The molecule has 80 valence electrons. The van der Waals surface area contributed by atoms with E-state index in [-0.39, 0.29) is 11.9 Å². The van der Waals surface area contributed by atoms with Crippen molar-refractivity contribution in [2.45, 2.75) is 25.3 Å². The molecule has 0 bridgehead atoms. The molecule has 4 heteroatoms. The number of hydrogen-bond acceptors (Lipinski definition) is 3. The van der Waals surface area contributed by atoms with Crippen LogP contribution in [0.1, 0.15) is 19.3 Å². The van der Waals surface area contributed by atoms with Gasteiger partial charge >= 0.3 is 0 Å². The molecule has 0 aliphatic carbocycles. The zero-order valence-electron chi connectivity index (χ0n) is 8.54. The summed E-state index contributed by atoms with van der Waals surface area (Å²) < 4.78 is 0. The highest BCUT2D eigenvalue weighted by atomic mass is 16.1. The maximum Gasteiger partial charge on any atom is 0.234 e. The van der Waals surface area contributed by atoms with E-state index >= 15 is 0 Å². The third-order valence-corrected chi connectivity index (χ3v) is 3.45. The molecule has 2 rings (SSSR count). The van der Waals surface area contributed by atoms with Gasteiger partial charge in [0.05, 0.1) is 6.04 Å². The fourth-order valence-corrected chi connectivity index (χ4v) is 2.34. The molecule has 2 heterocycles. The van der Waals surface area contributed by atoms with Crippen LogP contribution in [0.4, 0.5) is 0 Å². The number of carbonyl (C=O) groups is 1. The molecule has 14 heavy (non-hydrogen) atoms. The van der Waals surface area contributed by atoms with Crippen molar-refractivity contribution in [1.29, 1.82) is 0 Å². The Morgan fingerprint density at radius 3 is 2.86 bits per heavy atom. The van der Waals surface area contributed by atoms with Gasteiger partial charge in [0.1, 0.15) is 0 Å². The Bertz CT molecular complexity index is 213. The van der Waals surface area contributed by atoms with Gasteiger partial charge in [-0.1, -0.05) is 0 Å². The van der Waals surface area contributed by atoms with E-state index in [1.807, 2.05) is 0 Å². The number of amides is 1. The predicted octanol–water partition coefficient (Wildman–Crippen LogP) is -0.454. The lowest BCUT2D eigenvalue weighted by atomic mass is 9.99. The summed E-state index contributed by atoms with van der Waals surface area (Å²) in [5.74, 6) is 0.657. The molecule has 2 aliphatic heterocycles. The molecule has 2 unspecified atom stereocenters. The van der Waals surface area contributed by atoms with Crippen LogP contribution in [0.5, 0.6) is 0 Å². The fraction of sp³-hybridized carbons (Fsp3) is 0.900. The van der Waals surface area contributed by atoms with E-state index < -0.39 is 0 Å². The van der Waals surface area contributed by atoms with Gasteiger partial charge in [-0.05, 0) is 44.8 Å². The molecule has 0 saturated carbocycles. The van der Waals surface area contributed by atoms with Crippen molar-refractivity contribution in [2.24, 2.45) is 11.7 Å². The number of hydrogen-bond donors (Lipinski definition) is 2. The molecule has 4 nitrogen and oxygen atoms in total. The second kappa shape index (κ2) is 4.28. The minimum atomic E-state index is -0.152. The summed E-state index contributed by atoms with van der Waals surface area (Å²) in [5.41, 5.74) is 5.28. The summed E-state index contributed by atoms with van der Waals surface area (Å²) in [6, 6.07) is 0.0318. The van der Waals surface area contributed by atoms with Crippen molar-refractivity contribution in [3.8, 4) is 0 Å². The summed E-state index contributed by atoms with van der Waals surface area (Å²) >= 11 is 0. The SMILES string of the molecule is NC(=O)C1CCN1CCC1CCNC1. The minimum absolute atomic E-state index is 0.0318. The van der Waals surface area contributed by atoms with Crippen molar-refractivity contribution >= 4 is 5.91 Å². The molecule has 0 aromatic heterocycles. The van der Waals surface area contributed by atoms with Gasteiger partial charge in [-0.25, -0.2) is 0 Å². The molecular weight excluding hydrogens is 178 g/mol. The molecule has 1 amide bonds. The third kappa shape index (κ3) is 2.07. The molecule has 0 aromatic rings. The molecule has 0 spiro atoms. The summed E-state index contributed by atoms with van der Waals surface area (Å²) in [6.07, 6.45) is 3.45. The molecule has 0 radical (unpaired) electrons. The molecule has 2 saturated heterocycles. The van der Waals surface area contributed by atoms with Crippen molar-refractivity contribution in [3.63, 3.8) is 0 Å². The molecule has 2 atom stereocenters. The quantitative estimate of drug-likeness (QED) is 0.641. The Kier molecular flexibility index (Phi) is 3.03. The van der Waals surface area contributed by atoms with Crippen LogP contribution in [0.2, 0.25) is 0 Å². The highest BCUT2D eigenvalue weighted by molar-refractivity contribution is 5.80. The number of nitrogens with one attached hydrogen (secondary N) is 1. The van der Waals surface area contributed by atoms with Gasteiger partial charge in [-0.3, -0.25) is 9.69 Å². The number of rotatable bonds is 4. The first kappa shape index (κ1) is 9.93. The maximum atomic E-state index is 11.0. The van der Waals surface area contributed by atoms with Gasteiger partial charge in [0.2, 0.25) is 5.91 Å². The Balaban J connectivity index is 1.67. The predicted molar refractivity (Wildman–Crippen MR) is 54.8 cm³/mol. The van der Waals surface area contributed by atoms with Crippen molar-refractivity contribution < 1.29 is 4.79 Å². The molecule has 2 aliphatic rings. The first-order chi connectivity index (χ1) is 6.77. The van der Waals surface area contributed by atoms with Gasteiger partial charge in [0, 0.05) is 6.54 Å².